The molecule has 0 aliphatic carbocycles. The normalized spacial score (nSPS) is 20.5. The molecule has 130 valence electrons. The number of piperidine rings is 1. The zero-order valence-corrected chi connectivity index (χ0v) is 13.4. The molecule has 1 aliphatic heterocycles. The van der Waals surface area contributed by atoms with Crippen LogP contribution in [0.3, 0.4) is 0 Å². The van der Waals surface area contributed by atoms with Crippen molar-refractivity contribution in [2.24, 2.45) is 5.84 Å². The van der Waals surface area contributed by atoms with Gasteiger partial charge in [-0.25, -0.2) is 5.84 Å². The van der Waals surface area contributed by atoms with Crippen LogP contribution in [-0.4, -0.2) is 27.8 Å². The van der Waals surface area contributed by atoms with Crippen molar-refractivity contribution in [1.29, 1.82) is 0 Å². The fourth-order valence-electron chi connectivity index (χ4n) is 3.22. The molecule has 1 aromatic carbocycles. The first kappa shape index (κ1) is 17.6. The lowest BCUT2D eigenvalue weighted by atomic mass is 9.95. The van der Waals surface area contributed by atoms with Gasteiger partial charge in [0.2, 0.25) is 0 Å². The van der Waals surface area contributed by atoms with Crippen LogP contribution in [-0.2, 0) is 0 Å². The van der Waals surface area contributed by atoms with Crippen LogP contribution in [0.1, 0.15) is 43.5 Å². The number of amides is 1. The zero-order chi connectivity index (χ0) is 18.0. The minimum Gasteiger partial charge on any atom is -0.355 e. The van der Waals surface area contributed by atoms with Gasteiger partial charge < -0.3 is 4.90 Å². The third kappa shape index (κ3) is 3.13. The maximum atomic E-state index is 11.7. The van der Waals surface area contributed by atoms with Gasteiger partial charge in [-0.05, 0) is 33.1 Å². The van der Waals surface area contributed by atoms with Crippen molar-refractivity contribution in [3.8, 4) is 0 Å². The molecule has 1 aromatic rings. The van der Waals surface area contributed by atoms with Crippen LogP contribution < -0.4 is 16.2 Å². The highest BCUT2D eigenvalue weighted by atomic mass is 16.6. The Kier molecular flexibility index (Phi) is 4.98. The number of nitrogen functional groups attached to an aromatic ring is 1. The SMILES string of the molecule is CC1CCCC(C)N1c1c([N+](=O)[O-])cc(C(=O)NN)cc1[N+](=O)[O-]. The van der Waals surface area contributed by atoms with E-state index in [9.17, 15) is 25.0 Å². The molecule has 10 heteroatoms. The first-order valence-corrected chi connectivity index (χ1v) is 7.54. The molecule has 1 aliphatic rings. The fourth-order valence-corrected chi connectivity index (χ4v) is 3.22. The largest absolute Gasteiger partial charge is 0.355 e. The first-order valence-electron chi connectivity index (χ1n) is 7.54. The van der Waals surface area contributed by atoms with Crippen LogP contribution in [0, 0.1) is 20.2 Å². The molecule has 1 heterocycles. The van der Waals surface area contributed by atoms with Gasteiger partial charge in [0.05, 0.1) is 15.4 Å². The van der Waals surface area contributed by atoms with Crippen molar-refractivity contribution in [3.05, 3.63) is 37.9 Å². The number of hydrogen-bond acceptors (Lipinski definition) is 7. The molecular weight excluding hydrogens is 318 g/mol. The van der Waals surface area contributed by atoms with E-state index in [1.807, 2.05) is 19.3 Å². The summed E-state index contributed by atoms with van der Waals surface area (Å²) in [5.74, 6) is 4.21. The number of nitrogens with zero attached hydrogens (tertiary/aromatic N) is 3. The van der Waals surface area contributed by atoms with E-state index in [4.69, 9.17) is 5.84 Å². The van der Waals surface area contributed by atoms with Crippen LogP contribution >= 0.6 is 0 Å². The molecule has 2 atom stereocenters. The Morgan fingerprint density at radius 3 is 2.00 bits per heavy atom. The van der Waals surface area contributed by atoms with Crippen molar-refractivity contribution < 1.29 is 14.6 Å². The van der Waals surface area contributed by atoms with Crippen molar-refractivity contribution in [2.75, 3.05) is 4.90 Å². The lowest BCUT2D eigenvalue weighted by Gasteiger charge is -2.40. The first-order chi connectivity index (χ1) is 11.3. The smallest absolute Gasteiger partial charge is 0.300 e. The summed E-state index contributed by atoms with van der Waals surface area (Å²) in [5, 5.41) is 23.0. The van der Waals surface area contributed by atoms with Crippen LogP contribution in [0.15, 0.2) is 12.1 Å². The summed E-state index contributed by atoms with van der Waals surface area (Å²) in [6, 6.07) is 1.89. The van der Waals surface area contributed by atoms with Crippen LogP contribution in [0.25, 0.3) is 0 Å². The van der Waals surface area contributed by atoms with E-state index in [-0.39, 0.29) is 23.3 Å². The molecule has 2 rings (SSSR count). The zero-order valence-electron chi connectivity index (χ0n) is 13.4. The average molecular weight is 337 g/mol. The second-order valence-electron chi connectivity index (χ2n) is 5.89. The van der Waals surface area contributed by atoms with Crippen molar-refractivity contribution in [3.63, 3.8) is 0 Å². The number of carbonyl (C=O) groups is 1. The Labute approximate surface area is 137 Å². The number of nitrogens with two attached hydrogens (primary N) is 1. The van der Waals surface area contributed by atoms with Gasteiger partial charge in [-0.1, -0.05) is 0 Å². The van der Waals surface area contributed by atoms with Crippen molar-refractivity contribution in [1.82, 2.24) is 5.43 Å². The third-order valence-electron chi connectivity index (χ3n) is 4.31. The van der Waals surface area contributed by atoms with Crippen LogP contribution in [0.2, 0.25) is 0 Å². The fraction of sp³-hybridized carbons (Fsp3) is 0.500. The maximum absolute atomic E-state index is 11.7. The Bertz CT molecular complexity index is 647. The number of nitro groups is 2. The van der Waals surface area contributed by atoms with Gasteiger partial charge in [-0.2, -0.15) is 0 Å². The summed E-state index contributed by atoms with van der Waals surface area (Å²) in [6.07, 6.45) is 2.52. The van der Waals surface area contributed by atoms with Crippen molar-refractivity contribution in [2.45, 2.75) is 45.2 Å². The highest BCUT2D eigenvalue weighted by Gasteiger charge is 2.37. The highest BCUT2D eigenvalue weighted by molar-refractivity contribution is 5.97. The van der Waals surface area contributed by atoms with Crippen LogP contribution in [0.5, 0.6) is 0 Å². The van der Waals surface area contributed by atoms with Gasteiger partial charge in [-0.15, -0.1) is 0 Å². The Hall–Kier alpha value is -2.75. The molecular formula is C14H19N5O5. The monoisotopic (exact) mass is 337 g/mol. The van der Waals surface area contributed by atoms with E-state index < -0.39 is 27.1 Å². The highest BCUT2D eigenvalue weighted by Crippen LogP contribution is 2.43. The predicted molar refractivity (Wildman–Crippen MR) is 86.7 cm³/mol. The molecule has 3 N–H and O–H groups in total. The van der Waals surface area contributed by atoms with Gasteiger partial charge in [0.15, 0.2) is 5.69 Å². The lowest BCUT2D eigenvalue weighted by Crippen LogP contribution is -2.44. The molecule has 10 nitrogen and oxygen atoms in total. The molecule has 0 bridgehead atoms. The lowest BCUT2D eigenvalue weighted by molar-refractivity contribution is -0.392. The molecule has 24 heavy (non-hydrogen) atoms. The number of hydrazine groups is 1. The van der Waals surface area contributed by atoms with E-state index >= 15 is 0 Å². The van der Waals surface area contributed by atoms with Gasteiger partial charge in [0, 0.05) is 24.2 Å². The summed E-state index contributed by atoms with van der Waals surface area (Å²) >= 11 is 0. The number of rotatable bonds is 4. The van der Waals surface area contributed by atoms with Gasteiger partial charge in [-0.3, -0.25) is 30.4 Å². The van der Waals surface area contributed by atoms with Crippen molar-refractivity contribution >= 4 is 23.0 Å². The van der Waals surface area contributed by atoms with Gasteiger partial charge in [0.25, 0.3) is 17.3 Å². The minimum absolute atomic E-state index is 0.0572. The Morgan fingerprint density at radius 2 is 1.62 bits per heavy atom. The van der Waals surface area contributed by atoms with E-state index in [0.29, 0.717) is 0 Å². The predicted octanol–water partition coefficient (Wildman–Crippen LogP) is 1.87. The van der Waals surface area contributed by atoms with E-state index in [0.717, 1.165) is 31.4 Å². The summed E-state index contributed by atoms with van der Waals surface area (Å²) in [7, 11) is 0. The second-order valence-corrected chi connectivity index (χ2v) is 5.89. The van der Waals surface area contributed by atoms with E-state index in [2.05, 4.69) is 0 Å². The molecule has 0 aromatic heterocycles. The molecule has 1 amide bonds. The van der Waals surface area contributed by atoms with Crippen LogP contribution in [0.4, 0.5) is 17.1 Å². The molecule has 0 spiro atoms. The number of hydrogen-bond donors (Lipinski definition) is 2. The molecule has 1 fully saturated rings. The van der Waals surface area contributed by atoms with Gasteiger partial charge in [0.1, 0.15) is 0 Å². The Morgan fingerprint density at radius 1 is 1.17 bits per heavy atom. The van der Waals surface area contributed by atoms with E-state index in [1.165, 1.54) is 0 Å². The quantitative estimate of drug-likeness (QED) is 0.369. The number of nitro benzene ring substituents is 2. The summed E-state index contributed by atoms with van der Waals surface area (Å²) in [4.78, 5) is 35.0. The topological polar surface area (TPSA) is 145 Å². The summed E-state index contributed by atoms with van der Waals surface area (Å²) < 4.78 is 0. The summed E-state index contributed by atoms with van der Waals surface area (Å²) in [5.41, 5.74) is 0.612. The number of benzene rings is 1. The molecule has 0 saturated carbocycles. The van der Waals surface area contributed by atoms with E-state index in [1.54, 1.807) is 4.90 Å². The molecule has 1 saturated heterocycles. The maximum Gasteiger partial charge on any atom is 0.300 e. The molecule has 0 radical (unpaired) electrons. The third-order valence-corrected chi connectivity index (χ3v) is 4.31. The summed E-state index contributed by atoms with van der Waals surface area (Å²) in [6.45, 7) is 3.76. The standard InChI is InChI=1S/C14H19N5O5/c1-8-4-3-5-9(2)17(8)13-11(18(21)22)6-10(14(20)16-15)7-12(13)19(23)24/h6-9H,3-5,15H2,1-2H3,(H,16,20). The number of carbonyl (C=O) groups excluding carboxylic acids is 1. The number of anilines is 1. The molecule has 2 unspecified atom stereocenters. The number of nitrogens with one attached hydrogen (secondary N) is 1. The van der Waals surface area contributed by atoms with Gasteiger partial charge >= 0.3 is 0 Å². The average Bonchev–Trinajstić information content (AvgIpc) is 2.53. The minimum atomic E-state index is -0.826. The second kappa shape index (κ2) is 6.79. The Balaban J connectivity index is 2.74.